The largest absolute Gasteiger partial charge is 0.309 e. The van der Waals surface area contributed by atoms with Crippen molar-refractivity contribution >= 4 is 21.8 Å². The summed E-state index contributed by atoms with van der Waals surface area (Å²) in [5, 5.41) is 22.8. The lowest BCUT2D eigenvalue weighted by molar-refractivity contribution is 1.18. The molecule has 7 aromatic rings. The van der Waals surface area contributed by atoms with Crippen molar-refractivity contribution < 1.29 is 0 Å². The molecule has 0 aliphatic rings. The molecule has 0 fully saturated rings. The molecule has 0 aliphatic carbocycles. The zero-order chi connectivity index (χ0) is 27.8. The first kappa shape index (κ1) is 24.2. The Morgan fingerprint density at radius 2 is 0.927 bits per heavy atom. The van der Waals surface area contributed by atoms with Crippen molar-refractivity contribution in [2.75, 3.05) is 0 Å². The van der Waals surface area contributed by atoms with Crippen LogP contribution in [0.2, 0.25) is 0 Å². The molecule has 0 unspecified atom stereocenters. The van der Waals surface area contributed by atoms with Gasteiger partial charge >= 0.3 is 0 Å². The molecule has 1 heterocycles. The van der Waals surface area contributed by atoms with E-state index in [4.69, 9.17) is 0 Å². The minimum atomic E-state index is 0.575. The third-order valence-electron chi connectivity index (χ3n) is 7.64. The van der Waals surface area contributed by atoms with Gasteiger partial charge in [0.1, 0.15) is 6.07 Å². The summed E-state index contributed by atoms with van der Waals surface area (Å²) in [6.45, 7) is 0. The van der Waals surface area contributed by atoms with Crippen LogP contribution in [0.5, 0.6) is 0 Å². The Balaban J connectivity index is 1.52. The molecule has 0 aliphatic heterocycles. The van der Waals surface area contributed by atoms with Crippen LogP contribution in [0.3, 0.4) is 0 Å². The van der Waals surface area contributed by atoms with Crippen LogP contribution in [0.1, 0.15) is 11.1 Å². The highest BCUT2D eigenvalue weighted by Crippen LogP contribution is 2.39. The van der Waals surface area contributed by atoms with Crippen LogP contribution in [-0.4, -0.2) is 4.57 Å². The van der Waals surface area contributed by atoms with E-state index in [1.165, 1.54) is 10.8 Å². The predicted molar refractivity (Wildman–Crippen MR) is 167 cm³/mol. The van der Waals surface area contributed by atoms with Gasteiger partial charge in [-0.3, -0.25) is 0 Å². The average molecular weight is 522 g/mol. The second-order valence-electron chi connectivity index (χ2n) is 10.0. The number of hydrogen-bond donors (Lipinski definition) is 0. The van der Waals surface area contributed by atoms with Crippen molar-refractivity contribution in [3.63, 3.8) is 0 Å². The lowest BCUT2D eigenvalue weighted by atomic mass is 9.88. The number of nitrogens with zero attached hydrogens (tertiary/aromatic N) is 3. The number of hydrogen-bond acceptors (Lipinski definition) is 2. The lowest BCUT2D eigenvalue weighted by Crippen LogP contribution is -1.97. The van der Waals surface area contributed by atoms with E-state index in [2.05, 4.69) is 71.3 Å². The van der Waals surface area contributed by atoms with Crippen LogP contribution >= 0.6 is 0 Å². The van der Waals surface area contributed by atoms with E-state index in [1.807, 2.05) is 84.9 Å². The first-order valence-corrected chi connectivity index (χ1v) is 13.5. The van der Waals surface area contributed by atoms with Gasteiger partial charge in [-0.2, -0.15) is 10.5 Å². The quantitative estimate of drug-likeness (QED) is 0.232. The van der Waals surface area contributed by atoms with Crippen LogP contribution < -0.4 is 0 Å². The van der Waals surface area contributed by atoms with Crippen LogP contribution in [0, 0.1) is 22.7 Å². The zero-order valence-corrected chi connectivity index (χ0v) is 22.1. The van der Waals surface area contributed by atoms with E-state index in [9.17, 15) is 10.5 Å². The molecule has 190 valence electrons. The molecule has 0 amide bonds. The van der Waals surface area contributed by atoms with Crippen molar-refractivity contribution in [2.45, 2.75) is 0 Å². The topological polar surface area (TPSA) is 52.5 Å². The highest BCUT2D eigenvalue weighted by molar-refractivity contribution is 6.09. The lowest BCUT2D eigenvalue weighted by Gasteiger charge is -2.16. The fourth-order valence-electron chi connectivity index (χ4n) is 5.79. The summed E-state index contributed by atoms with van der Waals surface area (Å²) in [7, 11) is 0. The van der Waals surface area contributed by atoms with E-state index in [1.54, 1.807) is 0 Å². The molecule has 0 bridgehead atoms. The maximum atomic E-state index is 10.3. The van der Waals surface area contributed by atoms with E-state index in [-0.39, 0.29) is 0 Å². The molecule has 0 saturated carbocycles. The van der Waals surface area contributed by atoms with Gasteiger partial charge < -0.3 is 4.57 Å². The third kappa shape index (κ3) is 4.14. The minimum Gasteiger partial charge on any atom is -0.309 e. The Kier molecular flexibility index (Phi) is 5.90. The van der Waals surface area contributed by atoms with Crippen molar-refractivity contribution in [1.29, 1.82) is 10.5 Å². The molecule has 0 saturated heterocycles. The third-order valence-corrected chi connectivity index (χ3v) is 7.64. The number of nitriles is 2. The number of fused-ring (bicyclic) bond motifs is 3. The molecule has 6 aromatic carbocycles. The Morgan fingerprint density at radius 1 is 0.439 bits per heavy atom. The standard InChI is InChI=1S/C38H23N3/c39-24-26-19-29(21-31(20-26)41-37-17-9-7-15-32(37)33-16-8-10-18-38(33)41)30-22-34(27-11-3-1-4-12-27)36(25-40)35(23-30)28-13-5-2-6-14-28/h1-23H. The average Bonchev–Trinajstić information content (AvgIpc) is 3.39. The summed E-state index contributed by atoms with van der Waals surface area (Å²) in [6.07, 6.45) is 0. The second-order valence-corrected chi connectivity index (χ2v) is 10.0. The van der Waals surface area contributed by atoms with Gasteiger partial charge in [-0.05, 0) is 64.7 Å². The molecule has 0 atom stereocenters. The summed E-state index contributed by atoms with van der Waals surface area (Å²) in [4.78, 5) is 0. The molecular formula is C38H23N3. The molecular weight excluding hydrogens is 498 g/mol. The predicted octanol–water partition coefficient (Wildman–Crippen LogP) is 9.53. The molecule has 7 rings (SSSR count). The Morgan fingerprint density at radius 3 is 1.44 bits per heavy atom. The van der Waals surface area contributed by atoms with Gasteiger partial charge in [0, 0.05) is 27.6 Å². The van der Waals surface area contributed by atoms with Crippen molar-refractivity contribution in [1.82, 2.24) is 4.57 Å². The first-order valence-electron chi connectivity index (χ1n) is 13.5. The Hall–Kier alpha value is -5.90. The first-order chi connectivity index (χ1) is 20.2. The normalized spacial score (nSPS) is 10.9. The number of rotatable bonds is 4. The summed E-state index contributed by atoms with van der Waals surface area (Å²) >= 11 is 0. The Labute approximate surface area is 238 Å². The summed E-state index contributed by atoms with van der Waals surface area (Å²) in [6, 6.07) is 51.8. The van der Waals surface area contributed by atoms with Crippen molar-refractivity contribution in [3.05, 3.63) is 151 Å². The minimum absolute atomic E-state index is 0.575. The SMILES string of the molecule is N#Cc1cc(-c2cc(-c3ccccc3)c(C#N)c(-c3ccccc3)c2)cc(-n2c3ccccc3c3ccccc32)c1. The van der Waals surface area contributed by atoms with Crippen LogP contribution in [-0.2, 0) is 0 Å². The van der Waals surface area contributed by atoms with Gasteiger partial charge in [0.05, 0.1) is 28.2 Å². The second kappa shape index (κ2) is 10.0. The highest BCUT2D eigenvalue weighted by atomic mass is 15.0. The molecule has 0 spiro atoms. The molecule has 0 radical (unpaired) electrons. The Bertz CT molecular complexity index is 2040. The van der Waals surface area contributed by atoms with E-state index >= 15 is 0 Å². The molecule has 3 heteroatoms. The van der Waals surface area contributed by atoms with Crippen molar-refractivity contribution in [2.24, 2.45) is 0 Å². The summed E-state index contributed by atoms with van der Waals surface area (Å²) in [5.41, 5.74) is 9.84. The molecule has 0 N–H and O–H groups in total. The van der Waals surface area contributed by atoms with Gasteiger partial charge in [-0.15, -0.1) is 0 Å². The number of para-hydroxylation sites is 2. The van der Waals surface area contributed by atoms with E-state index < -0.39 is 0 Å². The summed E-state index contributed by atoms with van der Waals surface area (Å²) < 4.78 is 2.23. The van der Waals surface area contributed by atoms with Crippen LogP contribution in [0.4, 0.5) is 0 Å². The molecule has 3 nitrogen and oxygen atoms in total. The van der Waals surface area contributed by atoms with Gasteiger partial charge in [0.2, 0.25) is 0 Å². The highest BCUT2D eigenvalue weighted by Gasteiger charge is 2.17. The smallest absolute Gasteiger partial charge is 0.100 e. The van der Waals surface area contributed by atoms with Crippen LogP contribution in [0.15, 0.2) is 140 Å². The van der Waals surface area contributed by atoms with Gasteiger partial charge in [0.15, 0.2) is 0 Å². The van der Waals surface area contributed by atoms with E-state index in [0.717, 1.165) is 50.1 Å². The fourth-order valence-corrected chi connectivity index (χ4v) is 5.79. The van der Waals surface area contributed by atoms with Gasteiger partial charge in [-0.25, -0.2) is 0 Å². The fraction of sp³-hybridized carbons (Fsp3) is 0. The maximum Gasteiger partial charge on any atom is 0.100 e. The van der Waals surface area contributed by atoms with Crippen LogP contribution in [0.25, 0.3) is 60.9 Å². The monoisotopic (exact) mass is 521 g/mol. The van der Waals surface area contributed by atoms with E-state index in [0.29, 0.717) is 11.1 Å². The molecule has 41 heavy (non-hydrogen) atoms. The van der Waals surface area contributed by atoms with Gasteiger partial charge in [-0.1, -0.05) is 97.1 Å². The number of aromatic nitrogens is 1. The van der Waals surface area contributed by atoms with Crippen molar-refractivity contribution in [3.8, 4) is 51.2 Å². The molecule has 1 aromatic heterocycles. The zero-order valence-electron chi connectivity index (χ0n) is 22.1. The van der Waals surface area contributed by atoms with Gasteiger partial charge in [0.25, 0.3) is 0 Å². The summed E-state index contributed by atoms with van der Waals surface area (Å²) in [5.74, 6) is 0. The maximum absolute atomic E-state index is 10.3. The number of benzene rings is 6.